The Bertz CT molecular complexity index is 1540. The summed E-state index contributed by atoms with van der Waals surface area (Å²) >= 11 is 0. The van der Waals surface area contributed by atoms with Crippen LogP contribution in [0.5, 0.6) is 0 Å². The molecule has 3 heterocycles. The average molecular weight is 503 g/mol. The summed E-state index contributed by atoms with van der Waals surface area (Å²) in [6.07, 6.45) is 12.8. The van der Waals surface area contributed by atoms with Gasteiger partial charge in [0.1, 0.15) is 19.6 Å². The van der Waals surface area contributed by atoms with Gasteiger partial charge in [0, 0.05) is 59.2 Å². The lowest BCUT2D eigenvalue weighted by Gasteiger charge is -2.08. The van der Waals surface area contributed by atoms with E-state index in [1.54, 1.807) is 0 Å². The Balaban J connectivity index is 1.30. The number of hydrogen-bond donors (Lipinski definition) is 2. The van der Waals surface area contributed by atoms with Crippen LogP contribution in [0, 0.1) is 0 Å². The molecule has 0 bridgehead atoms. The SMILES string of the molecule is CC[n+]1ccc(Nc2ccc(C=Cc3ccc4cc(Nc5cc[n+](CC)cc5)ccc4[n+]3CC)cc2)cc1. The van der Waals surface area contributed by atoms with E-state index in [-0.39, 0.29) is 0 Å². The summed E-state index contributed by atoms with van der Waals surface area (Å²) in [5.74, 6) is 0. The molecule has 0 spiro atoms. The lowest BCUT2D eigenvalue weighted by atomic mass is 10.1. The molecular weight excluding hydrogens is 466 g/mol. The summed E-state index contributed by atoms with van der Waals surface area (Å²) < 4.78 is 6.66. The zero-order chi connectivity index (χ0) is 26.3. The van der Waals surface area contributed by atoms with Gasteiger partial charge in [-0.25, -0.2) is 9.13 Å². The van der Waals surface area contributed by atoms with Crippen LogP contribution >= 0.6 is 0 Å². The van der Waals surface area contributed by atoms with Crippen molar-refractivity contribution in [2.75, 3.05) is 10.6 Å². The lowest BCUT2D eigenvalue weighted by molar-refractivity contribution is -0.693. The summed E-state index contributed by atoms with van der Waals surface area (Å²) in [6.45, 7) is 9.33. The molecule has 3 aromatic heterocycles. The van der Waals surface area contributed by atoms with Gasteiger partial charge < -0.3 is 10.6 Å². The number of rotatable bonds is 9. The largest absolute Gasteiger partial charge is 0.355 e. The maximum atomic E-state index is 3.53. The Morgan fingerprint density at radius 3 is 1.68 bits per heavy atom. The molecule has 190 valence electrons. The van der Waals surface area contributed by atoms with E-state index in [0.717, 1.165) is 42.4 Å². The van der Waals surface area contributed by atoms with Crippen molar-refractivity contribution in [2.24, 2.45) is 0 Å². The first-order valence-corrected chi connectivity index (χ1v) is 13.4. The summed E-state index contributed by atoms with van der Waals surface area (Å²) in [6, 6.07) is 27.9. The van der Waals surface area contributed by atoms with Crippen LogP contribution in [0.2, 0.25) is 0 Å². The number of aryl methyl sites for hydroxylation is 3. The van der Waals surface area contributed by atoms with Gasteiger partial charge in [-0.1, -0.05) is 12.1 Å². The second kappa shape index (κ2) is 11.7. The number of nitrogens with zero attached hydrogens (tertiary/aromatic N) is 3. The molecule has 0 saturated heterocycles. The van der Waals surface area contributed by atoms with Crippen LogP contribution in [0.1, 0.15) is 32.0 Å². The summed E-state index contributed by atoms with van der Waals surface area (Å²) in [5.41, 5.74) is 7.92. The Morgan fingerprint density at radius 2 is 1.11 bits per heavy atom. The Labute approximate surface area is 225 Å². The fraction of sp³-hybridized carbons (Fsp3) is 0.182. The van der Waals surface area contributed by atoms with E-state index < -0.39 is 0 Å². The van der Waals surface area contributed by atoms with E-state index in [1.165, 1.54) is 22.2 Å². The monoisotopic (exact) mass is 502 g/mol. The Kier molecular flexibility index (Phi) is 7.74. The number of pyridine rings is 3. The number of nitrogens with one attached hydrogen (secondary N) is 2. The molecule has 0 aliphatic carbocycles. The van der Waals surface area contributed by atoms with Crippen molar-refractivity contribution < 1.29 is 13.7 Å². The number of anilines is 4. The molecule has 5 aromatic rings. The first kappa shape index (κ1) is 25.2. The fourth-order valence-electron chi connectivity index (χ4n) is 4.61. The van der Waals surface area contributed by atoms with Crippen molar-refractivity contribution in [3.8, 4) is 0 Å². The van der Waals surface area contributed by atoms with E-state index in [2.05, 4.69) is 161 Å². The predicted molar refractivity (Wildman–Crippen MR) is 156 cm³/mol. The van der Waals surface area contributed by atoms with Crippen LogP contribution in [0.3, 0.4) is 0 Å². The number of hydrogen-bond acceptors (Lipinski definition) is 2. The van der Waals surface area contributed by atoms with E-state index in [1.807, 2.05) is 0 Å². The highest BCUT2D eigenvalue weighted by molar-refractivity contribution is 5.82. The molecule has 5 heteroatoms. The predicted octanol–water partition coefficient (Wildman–Crippen LogP) is 6.42. The van der Waals surface area contributed by atoms with Gasteiger partial charge in [0.05, 0.1) is 11.4 Å². The number of benzene rings is 2. The van der Waals surface area contributed by atoms with Crippen molar-refractivity contribution in [3.63, 3.8) is 0 Å². The quantitative estimate of drug-likeness (QED) is 0.228. The number of fused-ring (bicyclic) bond motifs is 1. The fourth-order valence-corrected chi connectivity index (χ4v) is 4.61. The van der Waals surface area contributed by atoms with Crippen LogP contribution < -0.4 is 24.3 Å². The Hall–Kier alpha value is -4.51. The zero-order valence-electron chi connectivity index (χ0n) is 22.4. The van der Waals surface area contributed by atoms with Gasteiger partial charge in [0.15, 0.2) is 24.8 Å². The molecule has 0 atom stereocenters. The van der Waals surface area contributed by atoms with E-state index >= 15 is 0 Å². The maximum Gasteiger partial charge on any atom is 0.213 e. The van der Waals surface area contributed by atoms with Crippen molar-refractivity contribution in [1.29, 1.82) is 0 Å². The van der Waals surface area contributed by atoms with E-state index in [4.69, 9.17) is 0 Å². The summed E-state index contributed by atoms with van der Waals surface area (Å²) in [7, 11) is 0. The highest BCUT2D eigenvalue weighted by Crippen LogP contribution is 2.22. The van der Waals surface area contributed by atoms with Crippen LogP contribution in [0.25, 0.3) is 23.1 Å². The first-order valence-electron chi connectivity index (χ1n) is 13.4. The van der Waals surface area contributed by atoms with Gasteiger partial charge in [-0.05, 0) is 62.7 Å². The third kappa shape index (κ3) is 5.89. The topological polar surface area (TPSA) is 35.7 Å². The van der Waals surface area contributed by atoms with Crippen LogP contribution in [-0.4, -0.2) is 0 Å². The van der Waals surface area contributed by atoms with Gasteiger partial charge in [0.25, 0.3) is 0 Å². The van der Waals surface area contributed by atoms with E-state index in [0.29, 0.717) is 0 Å². The molecule has 0 fully saturated rings. The molecule has 0 amide bonds. The molecule has 0 aliphatic rings. The molecule has 2 N–H and O–H groups in total. The van der Waals surface area contributed by atoms with Gasteiger partial charge in [-0.3, -0.25) is 0 Å². The minimum absolute atomic E-state index is 0.900. The van der Waals surface area contributed by atoms with Crippen molar-refractivity contribution in [3.05, 3.63) is 115 Å². The van der Waals surface area contributed by atoms with Gasteiger partial charge in [-0.2, -0.15) is 4.57 Å². The Morgan fingerprint density at radius 1 is 0.553 bits per heavy atom. The highest BCUT2D eigenvalue weighted by Gasteiger charge is 2.13. The molecule has 5 rings (SSSR count). The molecular formula is C33H36N5+3. The van der Waals surface area contributed by atoms with Crippen molar-refractivity contribution in [2.45, 2.75) is 40.4 Å². The zero-order valence-corrected chi connectivity index (χ0v) is 22.4. The second-order valence-electron chi connectivity index (χ2n) is 9.32. The lowest BCUT2D eigenvalue weighted by Crippen LogP contribution is -2.36. The molecule has 0 aliphatic heterocycles. The molecule has 0 unspecified atom stereocenters. The van der Waals surface area contributed by atoms with Crippen molar-refractivity contribution >= 4 is 45.8 Å². The minimum atomic E-state index is 0.900. The summed E-state index contributed by atoms with van der Waals surface area (Å²) in [5, 5.41) is 8.22. The first-order chi connectivity index (χ1) is 18.6. The molecule has 5 nitrogen and oxygen atoms in total. The third-order valence-electron chi connectivity index (χ3n) is 6.83. The van der Waals surface area contributed by atoms with Gasteiger partial charge in [-0.15, -0.1) is 0 Å². The van der Waals surface area contributed by atoms with Crippen LogP contribution in [-0.2, 0) is 19.6 Å². The van der Waals surface area contributed by atoms with Crippen LogP contribution in [0.4, 0.5) is 22.7 Å². The van der Waals surface area contributed by atoms with Gasteiger partial charge >= 0.3 is 0 Å². The molecule has 38 heavy (non-hydrogen) atoms. The average Bonchev–Trinajstić information content (AvgIpc) is 2.97. The molecule has 0 radical (unpaired) electrons. The third-order valence-corrected chi connectivity index (χ3v) is 6.83. The second-order valence-corrected chi connectivity index (χ2v) is 9.32. The maximum absolute atomic E-state index is 3.53. The highest BCUT2D eigenvalue weighted by atomic mass is 15.0. The summed E-state index contributed by atoms with van der Waals surface area (Å²) in [4.78, 5) is 0. The number of aromatic nitrogens is 3. The molecule has 0 saturated carbocycles. The van der Waals surface area contributed by atoms with Gasteiger partial charge in [0.2, 0.25) is 11.2 Å². The van der Waals surface area contributed by atoms with E-state index in [9.17, 15) is 0 Å². The van der Waals surface area contributed by atoms with Crippen LogP contribution in [0.15, 0.2) is 104 Å². The minimum Gasteiger partial charge on any atom is -0.355 e. The normalized spacial score (nSPS) is 11.2. The van der Waals surface area contributed by atoms with Crippen molar-refractivity contribution in [1.82, 2.24) is 0 Å². The molecule has 2 aromatic carbocycles. The standard InChI is InChI=1S/C33H34N5/c1-4-36-21-17-29(18-22-36)34-28-11-7-26(8-12-28)9-14-32-15-10-27-25-31(13-16-33(27)38(32)6-3)35-30-19-23-37(5-2)24-20-30/h7-25H,4-6H2,1-3H3/q+1/p+2. The smallest absolute Gasteiger partial charge is 0.213 e.